The standard InChI is InChI=1S/C25H23NO6S/c1-30-17-12-16(13-18(31-2)24(17)32-3)21-20(22(27)19-10-7-11-33-19)23(28)25(29)26(21)14-15-8-5-4-6-9-15/h4-13,21,28H,14H2,1-3H3. The molecule has 0 fully saturated rings. The highest BCUT2D eigenvalue weighted by Crippen LogP contribution is 2.46. The van der Waals surface area contributed by atoms with Crippen LogP contribution in [0, 0.1) is 0 Å². The molecule has 2 aromatic carbocycles. The van der Waals surface area contributed by atoms with Crippen molar-refractivity contribution >= 4 is 23.0 Å². The first-order valence-corrected chi connectivity index (χ1v) is 11.0. The van der Waals surface area contributed by atoms with Crippen LogP contribution < -0.4 is 14.2 Å². The Labute approximate surface area is 195 Å². The first-order chi connectivity index (χ1) is 16.0. The van der Waals surface area contributed by atoms with Gasteiger partial charge in [-0.3, -0.25) is 9.59 Å². The SMILES string of the molecule is COc1cc(C2C(C(=O)c3cccs3)=C(O)C(=O)N2Cc2ccccc2)cc(OC)c1OC. The number of rotatable bonds is 8. The van der Waals surface area contributed by atoms with E-state index in [-0.39, 0.29) is 12.1 Å². The Bertz CT molecular complexity index is 1180. The summed E-state index contributed by atoms with van der Waals surface area (Å²) in [6.07, 6.45) is 0. The molecule has 0 bridgehead atoms. The summed E-state index contributed by atoms with van der Waals surface area (Å²) in [7, 11) is 4.49. The van der Waals surface area contributed by atoms with E-state index in [0.717, 1.165) is 5.56 Å². The average Bonchev–Trinajstić information content (AvgIpc) is 3.47. The molecule has 4 rings (SSSR count). The van der Waals surface area contributed by atoms with Crippen LogP contribution in [0.1, 0.15) is 26.8 Å². The van der Waals surface area contributed by atoms with Gasteiger partial charge in [0, 0.05) is 6.54 Å². The molecule has 2 heterocycles. The van der Waals surface area contributed by atoms with Crippen molar-refractivity contribution in [2.24, 2.45) is 0 Å². The number of thiophene rings is 1. The van der Waals surface area contributed by atoms with E-state index in [1.165, 1.54) is 37.6 Å². The Hall–Kier alpha value is -3.78. The summed E-state index contributed by atoms with van der Waals surface area (Å²) in [5, 5.41) is 12.6. The molecule has 0 aliphatic carbocycles. The van der Waals surface area contributed by atoms with Gasteiger partial charge in [-0.05, 0) is 34.7 Å². The second-order valence-electron chi connectivity index (χ2n) is 7.35. The minimum absolute atomic E-state index is 0.0210. The lowest BCUT2D eigenvalue weighted by Crippen LogP contribution is -2.30. The van der Waals surface area contributed by atoms with Crippen LogP contribution in [0.3, 0.4) is 0 Å². The van der Waals surface area contributed by atoms with Gasteiger partial charge >= 0.3 is 0 Å². The fraction of sp³-hybridized carbons (Fsp3) is 0.200. The van der Waals surface area contributed by atoms with Gasteiger partial charge in [0.2, 0.25) is 11.5 Å². The highest BCUT2D eigenvalue weighted by molar-refractivity contribution is 7.12. The van der Waals surface area contributed by atoms with Crippen LogP contribution >= 0.6 is 11.3 Å². The number of methoxy groups -OCH3 is 3. The van der Waals surface area contributed by atoms with E-state index in [4.69, 9.17) is 14.2 Å². The van der Waals surface area contributed by atoms with E-state index in [1.807, 2.05) is 30.3 Å². The van der Waals surface area contributed by atoms with E-state index in [0.29, 0.717) is 27.7 Å². The summed E-state index contributed by atoms with van der Waals surface area (Å²) in [4.78, 5) is 28.5. The number of hydrogen-bond acceptors (Lipinski definition) is 7. The summed E-state index contributed by atoms with van der Waals surface area (Å²) in [6.45, 7) is 0.201. The first-order valence-electron chi connectivity index (χ1n) is 10.2. The molecular weight excluding hydrogens is 442 g/mol. The van der Waals surface area contributed by atoms with Gasteiger partial charge in [0.25, 0.3) is 5.91 Å². The number of aliphatic hydroxyl groups excluding tert-OH is 1. The summed E-state index contributed by atoms with van der Waals surface area (Å²) in [6, 6.07) is 15.4. The number of carbonyl (C=O) groups is 2. The van der Waals surface area contributed by atoms with Crippen molar-refractivity contribution in [2.75, 3.05) is 21.3 Å². The molecule has 33 heavy (non-hydrogen) atoms. The lowest BCUT2D eigenvalue weighted by Gasteiger charge is -2.28. The van der Waals surface area contributed by atoms with Crippen LogP contribution in [0.2, 0.25) is 0 Å². The minimum Gasteiger partial charge on any atom is -0.503 e. The van der Waals surface area contributed by atoms with Crippen LogP contribution in [0.25, 0.3) is 0 Å². The topological polar surface area (TPSA) is 85.3 Å². The van der Waals surface area contributed by atoms with Crippen LogP contribution in [-0.2, 0) is 11.3 Å². The highest BCUT2D eigenvalue weighted by Gasteiger charge is 2.44. The summed E-state index contributed by atoms with van der Waals surface area (Å²) < 4.78 is 16.4. The zero-order valence-electron chi connectivity index (χ0n) is 18.4. The number of benzene rings is 2. The predicted octanol–water partition coefficient (Wildman–Crippen LogP) is 4.55. The van der Waals surface area contributed by atoms with Crippen LogP contribution in [0.4, 0.5) is 0 Å². The molecule has 170 valence electrons. The van der Waals surface area contributed by atoms with Crippen molar-refractivity contribution in [1.29, 1.82) is 0 Å². The number of nitrogens with zero attached hydrogens (tertiary/aromatic N) is 1. The third-order valence-electron chi connectivity index (χ3n) is 5.49. The van der Waals surface area contributed by atoms with Gasteiger partial charge in [0.05, 0.1) is 37.8 Å². The molecule has 0 saturated heterocycles. The molecule has 1 unspecified atom stereocenters. The van der Waals surface area contributed by atoms with Crippen LogP contribution in [0.15, 0.2) is 71.3 Å². The van der Waals surface area contributed by atoms with Crippen LogP contribution in [0.5, 0.6) is 17.2 Å². The number of Topliss-reactive ketones (excluding diaryl/α,β-unsaturated/α-hetero) is 1. The summed E-state index contributed by atoms with van der Waals surface area (Å²) in [5.41, 5.74) is 1.44. The Kier molecular flexibility index (Phi) is 6.37. The molecular formula is C25H23NO6S. The third-order valence-corrected chi connectivity index (χ3v) is 6.36. The van der Waals surface area contributed by atoms with Gasteiger partial charge in [-0.15, -0.1) is 11.3 Å². The molecule has 1 amide bonds. The fourth-order valence-electron chi connectivity index (χ4n) is 3.98. The van der Waals surface area contributed by atoms with E-state index >= 15 is 0 Å². The Balaban J connectivity index is 1.88. The van der Waals surface area contributed by atoms with Crippen molar-refractivity contribution < 1.29 is 28.9 Å². The van der Waals surface area contributed by atoms with E-state index in [1.54, 1.807) is 29.6 Å². The highest BCUT2D eigenvalue weighted by atomic mass is 32.1. The monoisotopic (exact) mass is 465 g/mol. The van der Waals surface area contributed by atoms with Gasteiger partial charge in [-0.2, -0.15) is 0 Å². The molecule has 1 atom stereocenters. The maximum atomic E-state index is 13.4. The maximum Gasteiger partial charge on any atom is 0.290 e. The zero-order valence-corrected chi connectivity index (χ0v) is 19.2. The van der Waals surface area contributed by atoms with Gasteiger partial charge in [-0.1, -0.05) is 36.4 Å². The van der Waals surface area contributed by atoms with E-state index < -0.39 is 23.5 Å². The Morgan fingerprint density at radius 3 is 2.21 bits per heavy atom. The molecule has 0 saturated carbocycles. The molecule has 8 heteroatoms. The van der Waals surface area contributed by atoms with Crippen molar-refractivity contribution in [1.82, 2.24) is 4.90 Å². The largest absolute Gasteiger partial charge is 0.503 e. The second kappa shape index (κ2) is 9.38. The van der Waals surface area contributed by atoms with Gasteiger partial charge in [0.15, 0.2) is 17.3 Å². The molecule has 0 radical (unpaired) electrons. The molecule has 0 spiro atoms. The minimum atomic E-state index is -0.846. The summed E-state index contributed by atoms with van der Waals surface area (Å²) >= 11 is 1.25. The second-order valence-corrected chi connectivity index (χ2v) is 8.30. The third kappa shape index (κ3) is 4.05. The van der Waals surface area contributed by atoms with Crippen molar-refractivity contribution in [3.63, 3.8) is 0 Å². The predicted molar refractivity (Wildman–Crippen MR) is 124 cm³/mol. The van der Waals surface area contributed by atoms with Crippen LogP contribution in [-0.4, -0.2) is 43.0 Å². The average molecular weight is 466 g/mol. The molecule has 7 nitrogen and oxygen atoms in total. The number of ketones is 1. The molecule has 1 aliphatic heterocycles. The molecule has 1 N–H and O–H groups in total. The zero-order chi connectivity index (χ0) is 23.5. The lowest BCUT2D eigenvalue weighted by molar-refractivity contribution is -0.130. The number of amides is 1. The van der Waals surface area contributed by atoms with E-state index in [9.17, 15) is 14.7 Å². The number of aliphatic hydroxyl groups is 1. The van der Waals surface area contributed by atoms with Gasteiger partial charge in [-0.25, -0.2) is 0 Å². The van der Waals surface area contributed by atoms with Crippen molar-refractivity contribution in [2.45, 2.75) is 12.6 Å². The number of hydrogen-bond donors (Lipinski definition) is 1. The van der Waals surface area contributed by atoms with Crippen molar-refractivity contribution in [3.8, 4) is 17.2 Å². The van der Waals surface area contributed by atoms with E-state index in [2.05, 4.69) is 0 Å². The number of carbonyl (C=O) groups excluding carboxylic acids is 2. The normalized spacial score (nSPS) is 15.7. The molecule has 1 aromatic heterocycles. The van der Waals surface area contributed by atoms with Crippen molar-refractivity contribution in [3.05, 3.63) is 87.3 Å². The quantitative estimate of drug-likeness (QED) is 0.491. The smallest absolute Gasteiger partial charge is 0.290 e. The Morgan fingerprint density at radius 2 is 1.67 bits per heavy atom. The Morgan fingerprint density at radius 1 is 1.00 bits per heavy atom. The first kappa shape index (κ1) is 22.4. The summed E-state index contributed by atoms with van der Waals surface area (Å²) in [5.74, 6) is -0.408. The molecule has 1 aliphatic rings. The van der Waals surface area contributed by atoms with Gasteiger partial charge < -0.3 is 24.2 Å². The number of ether oxygens (including phenoxy) is 3. The van der Waals surface area contributed by atoms with Gasteiger partial charge in [0.1, 0.15) is 0 Å². The fourth-order valence-corrected chi connectivity index (χ4v) is 4.65. The molecule has 3 aromatic rings. The lowest BCUT2D eigenvalue weighted by atomic mass is 9.94. The maximum absolute atomic E-state index is 13.4.